The van der Waals surface area contributed by atoms with E-state index in [4.69, 9.17) is 10.5 Å². The molecule has 22 heavy (non-hydrogen) atoms. The summed E-state index contributed by atoms with van der Waals surface area (Å²) in [5.74, 6) is -0.373. The van der Waals surface area contributed by atoms with Gasteiger partial charge in [-0.25, -0.2) is 0 Å². The van der Waals surface area contributed by atoms with Gasteiger partial charge < -0.3 is 15.4 Å². The van der Waals surface area contributed by atoms with Gasteiger partial charge in [-0.15, -0.1) is 12.4 Å². The second-order valence-electron chi connectivity index (χ2n) is 5.51. The van der Waals surface area contributed by atoms with Crippen LogP contribution in [0.3, 0.4) is 0 Å². The van der Waals surface area contributed by atoms with Crippen molar-refractivity contribution in [2.24, 2.45) is 11.7 Å². The van der Waals surface area contributed by atoms with Crippen molar-refractivity contribution < 1.29 is 14.3 Å². The van der Waals surface area contributed by atoms with Crippen molar-refractivity contribution in [2.45, 2.75) is 25.8 Å². The molecule has 1 atom stereocenters. The van der Waals surface area contributed by atoms with E-state index in [1.54, 1.807) is 4.90 Å². The number of benzene rings is 1. The fourth-order valence-electron chi connectivity index (χ4n) is 2.62. The molecule has 6 heteroatoms. The number of amides is 1. The summed E-state index contributed by atoms with van der Waals surface area (Å²) in [5, 5.41) is 0. The molecule has 1 unspecified atom stereocenters. The van der Waals surface area contributed by atoms with Crippen LogP contribution in [-0.2, 0) is 14.3 Å². The van der Waals surface area contributed by atoms with Crippen molar-refractivity contribution in [3.05, 3.63) is 35.4 Å². The van der Waals surface area contributed by atoms with Crippen molar-refractivity contribution in [3.8, 4) is 0 Å². The van der Waals surface area contributed by atoms with Crippen LogP contribution in [0.2, 0.25) is 0 Å². The van der Waals surface area contributed by atoms with Gasteiger partial charge in [-0.2, -0.15) is 0 Å². The number of carbonyl (C=O) groups is 2. The maximum Gasteiger partial charge on any atom is 0.308 e. The van der Waals surface area contributed by atoms with E-state index in [1.807, 2.05) is 31.2 Å². The highest BCUT2D eigenvalue weighted by molar-refractivity contribution is 5.85. The van der Waals surface area contributed by atoms with Crippen molar-refractivity contribution >= 4 is 24.3 Å². The van der Waals surface area contributed by atoms with Gasteiger partial charge in [0.1, 0.15) is 6.04 Å². The fraction of sp³-hybridized carbons (Fsp3) is 0.500. The summed E-state index contributed by atoms with van der Waals surface area (Å²) in [7, 11) is 1.40. The molecule has 0 bridgehead atoms. The molecular formula is C16H23ClN2O3. The molecule has 0 saturated carbocycles. The van der Waals surface area contributed by atoms with Gasteiger partial charge in [0, 0.05) is 13.1 Å². The molecule has 2 N–H and O–H groups in total. The third-order valence-electron chi connectivity index (χ3n) is 4.04. The first-order chi connectivity index (χ1) is 10.0. The van der Waals surface area contributed by atoms with Gasteiger partial charge in [0.05, 0.1) is 13.0 Å². The lowest BCUT2D eigenvalue weighted by Crippen LogP contribution is -2.44. The van der Waals surface area contributed by atoms with Crippen LogP contribution in [0, 0.1) is 12.8 Å². The minimum atomic E-state index is -0.639. The minimum absolute atomic E-state index is 0. The number of piperidine rings is 1. The third-order valence-corrected chi connectivity index (χ3v) is 4.04. The van der Waals surface area contributed by atoms with Gasteiger partial charge in [0.25, 0.3) is 0 Å². The van der Waals surface area contributed by atoms with Crippen LogP contribution in [0.1, 0.15) is 30.0 Å². The molecule has 1 aromatic rings. The van der Waals surface area contributed by atoms with Gasteiger partial charge in [-0.3, -0.25) is 9.59 Å². The van der Waals surface area contributed by atoms with Crippen LogP contribution >= 0.6 is 12.4 Å². The van der Waals surface area contributed by atoms with E-state index < -0.39 is 6.04 Å². The second-order valence-corrected chi connectivity index (χ2v) is 5.51. The highest BCUT2D eigenvalue weighted by atomic mass is 35.5. The van der Waals surface area contributed by atoms with E-state index in [0.29, 0.717) is 25.9 Å². The average molecular weight is 327 g/mol. The summed E-state index contributed by atoms with van der Waals surface area (Å²) >= 11 is 0. The zero-order valence-electron chi connectivity index (χ0n) is 13.0. The van der Waals surface area contributed by atoms with Crippen LogP contribution in [0.4, 0.5) is 0 Å². The number of esters is 1. The van der Waals surface area contributed by atoms with Crippen LogP contribution in [0.25, 0.3) is 0 Å². The van der Waals surface area contributed by atoms with Crippen molar-refractivity contribution in [2.75, 3.05) is 20.2 Å². The van der Waals surface area contributed by atoms with E-state index >= 15 is 0 Å². The molecule has 0 aliphatic carbocycles. The Morgan fingerprint density at radius 3 is 2.27 bits per heavy atom. The number of methoxy groups -OCH3 is 1. The molecule has 1 fully saturated rings. The van der Waals surface area contributed by atoms with Crippen molar-refractivity contribution in [1.29, 1.82) is 0 Å². The molecule has 0 spiro atoms. The molecule has 1 amide bonds. The largest absolute Gasteiger partial charge is 0.469 e. The molecule has 1 saturated heterocycles. The Bertz CT molecular complexity index is 511. The molecule has 1 aromatic carbocycles. The maximum absolute atomic E-state index is 12.4. The SMILES string of the molecule is COC(=O)C1CCN(C(=O)C(N)c2ccc(C)cc2)CC1.Cl. The highest BCUT2D eigenvalue weighted by Gasteiger charge is 2.30. The number of aryl methyl sites for hydroxylation is 1. The summed E-state index contributed by atoms with van der Waals surface area (Å²) in [6, 6.07) is 7.04. The van der Waals surface area contributed by atoms with Gasteiger partial charge in [0.15, 0.2) is 0 Å². The number of nitrogens with zero attached hydrogens (tertiary/aromatic N) is 1. The predicted molar refractivity (Wildman–Crippen MR) is 86.7 cm³/mol. The van der Waals surface area contributed by atoms with Gasteiger partial charge >= 0.3 is 5.97 Å². The number of hydrogen-bond donors (Lipinski definition) is 1. The Hall–Kier alpha value is -1.59. The Balaban J connectivity index is 0.00000242. The lowest BCUT2D eigenvalue weighted by atomic mass is 9.96. The molecule has 2 rings (SSSR count). The number of halogens is 1. The molecule has 5 nitrogen and oxygen atoms in total. The Labute approximate surface area is 137 Å². The van der Waals surface area contributed by atoms with Crippen molar-refractivity contribution in [3.63, 3.8) is 0 Å². The Morgan fingerprint density at radius 1 is 1.23 bits per heavy atom. The van der Waals surface area contributed by atoms with E-state index in [-0.39, 0.29) is 30.2 Å². The Morgan fingerprint density at radius 2 is 1.77 bits per heavy atom. The van der Waals surface area contributed by atoms with Crippen LogP contribution in [-0.4, -0.2) is 37.0 Å². The first-order valence-corrected chi connectivity index (χ1v) is 7.21. The zero-order valence-corrected chi connectivity index (χ0v) is 13.8. The summed E-state index contributed by atoms with van der Waals surface area (Å²) < 4.78 is 4.75. The standard InChI is InChI=1S/C16H22N2O3.ClH/c1-11-3-5-12(6-4-11)14(17)15(19)18-9-7-13(8-10-18)16(20)21-2;/h3-6,13-14H,7-10,17H2,1-2H3;1H. The van der Waals surface area contributed by atoms with Gasteiger partial charge in [-0.05, 0) is 25.3 Å². The van der Waals surface area contributed by atoms with Crippen LogP contribution < -0.4 is 5.73 Å². The van der Waals surface area contributed by atoms with E-state index in [0.717, 1.165) is 11.1 Å². The molecular weight excluding hydrogens is 304 g/mol. The quantitative estimate of drug-likeness (QED) is 0.860. The lowest BCUT2D eigenvalue weighted by molar-refractivity contribution is -0.149. The monoisotopic (exact) mass is 326 g/mol. The second kappa shape index (κ2) is 8.15. The molecule has 122 valence electrons. The molecule has 1 aliphatic rings. The third kappa shape index (κ3) is 4.21. The van der Waals surface area contributed by atoms with E-state index in [1.165, 1.54) is 7.11 Å². The normalized spacial score (nSPS) is 16.6. The molecule has 0 radical (unpaired) electrons. The number of hydrogen-bond acceptors (Lipinski definition) is 4. The molecule has 0 aromatic heterocycles. The smallest absolute Gasteiger partial charge is 0.308 e. The van der Waals surface area contributed by atoms with Crippen LogP contribution in [0.15, 0.2) is 24.3 Å². The summed E-state index contributed by atoms with van der Waals surface area (Å²) in [6.07, 6.45) is 1.28. The first-order valence-electron chi connectivity index (χ1n) is 7.21. The summed E-state index contributed by atoms with van der Waals surface area (Å²) in [5.41, 5.74) is 8.01. The lowest BCUT2D eigenvalue weighted by Gasteiger charge is -2.32. The van der Waals surface area contributed by atoms with Gasteiger partial charge in [-0.1, -0.05) is 29.8 Å². The summed E-state index contributed by atoms with van der Waals surface area (Å²) in [6.45, 7) is 3.10. The highest BCUT2D eigenvalue weighted by Crippen LogP contribution is 2.21. The topological polar surface area (TPSA) is 72.6 Å². The fourth-order valence-corrected chi connectivity index (χ4v) is 2.62. The number of ether oxygens (including phenoxy) is 1. The predicted octanol–water partition coefficient (Wildman–Crippen LogP) is 1.83. The first kappa shape index (κ1) is 18.5. The molecule has 1 heterocycles. The number of likely N-dealkylation sites (tertiary alicyclic amines) is 1. The maximum atomic E-state index is 12.4. The number of nitrogens with two attached hydrogens (primary N) is 1. The van der Waals surface area contributed by atoms with Crippen LogP contribution in [0.5, 0.6) is 0 Å². The number of carbonyl (C=O) groups excluding carboxylic acids is 2. The van der Waals surface area contributed by atoms with E-state index in [9.17, 15) is 9.59 Å². The number of rotatable bonds is 3. The average Bonchev–Trinajstić information content (AvgIpc) is 2.53. The minimum Gasteiger partial charge on any atom is -0.469 e. The zero-order chi connectivity index (χ0) is 15.4. The summed E-state index contributed by atoms with van der Waals surface area (Å²) in [4.78, 5) is 25.6. The molecule has 1 aliphatic heterocycles. The Kier molecular flexibility index (Phi) is 6.84. The van der Waals surface area contributed by atoms with Gasteiger partial charge in [0.2, 0.25) is 5.91 Å². The van der Waals surface area contributed by atoms with Crippen molar-refractivity contribution in [1.82, 2.24) is 4.90 Å². The van der Waals surface area contributed by atoms with E-state index in [2.05, 4.69) is 0 Å².